The quantitative estimate of drug-likeness (QED) is 0.435. The molecule has 1 aromatic rings. The molecule has 0 amide bonds. The molecule has 0 aromatic heterocycles. The summed E-state index contributed by atoms with van der Waals surface area (Å²) < 4.78 is 0.630. The van der Waals surface area contributed by atoms with E-state index < -0.39 is 16.7 Å². The van der Waals surface area contributed by atoms with Gasteiger partial charge in [-0.25, -0.2) is 0 Å². The summed E-state index contributed by atoms with van der Waals surface area (Å²) in [4.78, 5) is 10.0. The van der Waals surface area contributed by atoms with Gasteiger partial charge in [0.1, 0.15) is 0 Å². The van der Waals surface area contributed by atoms with Crippen LogP contribution in [0, 0.1) is 13.7 Å². The van der Waals surface area contributed by atoms with Crippen molar-refractivity contribution in [1.29, 1.82) is 0 Å². The summed E-state index contributed by atoms with van der Waals surface area (Å²) in [6.07, 6.45) is 0. The van der Waals surface area contributed by atoms with Gasteiger partial charge in [-0.1, -0.05) is 0 Å². The Morgan fingerprint density at radius 1 is 1.62 bits per heavy atom. The van der Waals surface area contributed by atoms with Crippen molar-refractivity contribution < 1.29 is 15.1 Å². The van der Waals surface area contributed by atoms with Crippen molar-refractivity contribution in [2.75, 3.05) is 13.7 Å². The van der Waals surface area contributed by atoms with E-state index in [0.717, 1.165) is 0 Å². The Kier molecular flexibility index (Phi) is 4.44. The minimum atomic E-state index is -0.648. The van der Waals surface area contributed by atoms with Gasteiger partial charge in [0.05, 0.1) is 17.6 Å². The Bertz CT molecular complexity index is 407. The van der Waals surface area contributed by atoms with Crippen LogP contribution in [-0.2, 0) is 0 Å². The number of nitro benzene ring substituents is 1. The van der Waals surface area contributed by atoms with E-state index in [1.54, 1.807) is 13.1 Å². The van der Waals surface area contributed by atoms with E-state index >= 15 is 0 Å². The number of phenols is 1. The third-order valence-electron chi connectivity index (χ3n) is 2.19. The van der Waals surface area contributed by atoms with E-state index in [1.165, 1.54) is 6.07 Å². The topological polar surface area (TPSA) is 95.6 Å². The Labute approximate surface area is 106 Å². The Morgan fingerprint density at radius 3 is 2.69 bits per heavy atom. The van der Waals surface area contributed by atoms with Crippen LogP contribution in [0.5, 0.6) is 5.75 Å². The summed E-state index contributed by atoms with van der Waals surface area (Å²) in [5.74, 6) is -0.404. The van der Waals surface area contributed by atoms with Crippen LogP contribution >= 0.6 is 22.6 Å². The van der Waals surface area contributed by atoms with Crippen LogP contribution in [0.1, 0.15) is 11.6 Å². The zero-order valence-corrected chi connectivity index (χ0v) is 10.6. The molecular weight excluding hydrogens is 327 g/mol. The van der Waals surface area contributed by atoms with Crippen molar-refractivity contribution in [1.82, 2.24) is 5.32 Å². The molecule has 3 N–H and O–H groups in total. The van der Waals surface area contributed by atoms with Gasteiger partial charge in [0.25, 0.3) is 0 Å². The molecule has 0 spiro atoms. The van der Waals surface area contributed by atoms with Gasteiger partial charge in [0.2, 0.25) is 0 Å². The minimum absolute atomic E-state index is 0.249. The Hall–Kier alpha value is -0.930. The molecule has 1 aromatic carbocycles. The molecule has 0 saturated carbocycles. The van der Waals surface area contributed by atoms with Gasteiger partial charge in [-0.2, -0.15) is 0 Å². The van der Waals surface area contributed by atoms with Crippen LogP contribution in [0.4, 0.5) is 5.69 Å². The van der Waals surface area contributed by atoms with Gasteiger partial charge in [-0.15, -0.1) is 0 Å². The molecule has 0 bridgehead atoms. The lowest BCUT2D eigenvalue weighted by atomic mass is 10.1. The molecule has 7 heteroatoms. The molecule has 0 fully saturated rings. The average molecular weight is 338 g/mol. The fraction of sp³-hybridized carbons (Fsp3) is 0.333. The fourth-order valence-electron chi connectivity index (χ4n) is 1.36. The highest BCUT2D eigenvalue weighted by Gasteiger charge is 2.22. The number of nitrogens with one attached hydrogen (secondary N) is 1. The van der Waals surface area contributed by atoms with Crippen LogP contribution in [0.25, 0.3) is 0 Å². The Morgan fingerprint density at radius 2 is 2.25 bits per heavy atom. The number of aromatic hydroxyl groups is 1. The van der Waals surface area contributed by atoms with Gasteiger partial charge < -0.3 is 15.5 Å². The maximum Gasteiger partial charge on any atom is 0.312 e. The van der Waals surface area contributed by atoms with Gasteiger partial charge in [-0.3, -0.25) is 10.1 Å². The lowest BCUT2D eigenvalue weighted by Crippen LogP contribution is -2.20. The lowest BCUT2D eigenvalue weighted by molar-refractivity contribution is -0.386. The van der Waals surface area contributed by atoms with E-state index in [1.807, 2.05) is 22.6 Å². The number of aliphatic hydroxyl groups is 1. The standard InChI is InChI=1S/C9H11IN2O4/c1-11-7(4-13)6-2-5(10)3-8(9(6)14)12(15)16/h2-3,7,11,13-14H,4H2,1H3. The predicted molar refractivity (Wildman–Crippen MR) is 66.4 cm³/mol. The van der Waals surface area contributed by atoms with Gasteiger partial charge in [-0.05, 0) is 35.7 Å². The first kappa shape index (κ1) is 13.1. The molecule has 1 unspecified atom stereocenters. The molecule has 16 heavy (non-hydrogen) atoms. The average Bonchev–Trinajstić information content (AvgIpc) is 2.23. The normalized spacial score (nSPS) is 12.4. The molecule has 0 aliphatic carbocycles. The molecule has 6 nitrogen and oxygen atoms in total. The maximum atomic E-state index is 10.7. The SMILES string of the molecule is CNC(CO)c1cc(I)cc([N+](=O)[O-])c1O. The number of hydrogen-bond donors (Lipinski definition) is 3. The minimum Gasteiger partial charge on any atom is -0.502 e. The third-order valence-corrected chi connectivity index (χ3v) is 2.81. The first-order valence-electron chi connectivity index (χ1n) is 4.46. The summed E-state index contributed by atoms with van der Waals surface area (Å²) >= 11 is 1.92. The number of phenolic OH excluding ortho intramolecular Hbond substituents is 1. The van der Waals surface area contributed by atoms with Crippen molar-refractivity contribution >= 4 is 28.3 Å². The first-order chi connectivity index (χ1) is 7.51. The number of rotatable bonds is 4. The van der Waals surface area contributed by atoms with Crippen molar-refractivity contribution in [3.8, 4) is 5.75 Å². The number of hydrogen-bond acceptors (Lipinski definition) is 5. The van der Waals surface area contributed by atoms with Crippen LogP contribution < -0.4 is 5.32 Å². The zero-order valence-electron chi connectivity index (χ0n) is 8.48. The second kappa shape index (κ2) is 5.41. The smallest absolute Gasteiger partial charge is 0.312 e. The van der Waals surface area contributed by atoms with Crippen LogP contribution in [0.15, 0.2) is 12.1 Å². The van der Waals surface area contributed by atoms with Crippen molar-refractivity contribution in [3.05, 3.63) is 31.4 Å². The summed E-state index contributed by atoms with van der Waals surface area (Å²) in [6.45, 7) is -0.249. The van der Waals surface area contributed by atoms with Gasteiger partial charge in [0.15, 0.2) is 5.75 Å². The van der Waals surface area contributed by atoms with E-state index in [0.29, 0.717) is 9.13 Å². The third kappa shape index (κ3) is 2.60. The number of nitrogens with zero attached hydrogens (tertiary/aromatic N) is 1. The summed E-state index contributed by atoms with van der Waals surface area (Å²) in [7, 11) is 1.60. The molecule has 0 saturated heterocycles. The molecule has 1 rings (SSSR count). The number of nitro groups is 1. The van der Waals surface area contributed by atoms with Crippen molar-refractivity contribution in [2.24, 2.45) is 0 Å². The van der Waals surface area contributed by atoms with E-state index in [9.17, 15) is 15.2 Å². The second-order valence-corrected chi connectivity index (χ2v) is 4.39. The molecule has 0 aliphatic heterocycles. The first-order valence-corrected chi connectivity index (χ1v) is 5.54. The highest BCUT2D eigenvalue weighted by atomic mass is 127. The molecule has 0 heterocycles. The van der Waals surface area contributed by atoms with Crippen molar-refractivity contribution in [3.63, 3.8) is 0 Å². The highest BCUT2D eigenvalue weighted by molar-refractivity contribution is 14.1. The number of benzene rings is 1. The van der Waals surface area contributed by atoms with Crippen LogP contribution in [0.3, 0.4) is 0 Å². The van der Waals surface area contributed by atoms with Crippen LogP contribution in [-0.4, -0.2) is 28.8 Å². The molecule has 0 radical (unpaired) electrons. The predicted octanol–water partition coefficient (Wildman–Crippen LogP) is 1.16. The molecular formula is C9H11IN2O4. The van der Waals surface area contributed by atoms with E-state index in [4.69, 9.17) is 5.11 Å². The van der Waals surface area contributed by atoms with Gasteiger partial charge >= 0.3 is 5.69 Å². The van der Waals surface area contributed by atoms with Crippen molar-refractivity contribution in [2.45, 2.75) is 6.04 Å². The largest absolute Gasteiger partial charge is 0.502 e. The number of aliphatic hydroxyl groups excluding tert-OH is 1. The molecule has 88 valence electrons. The maximum absolute atomic E-state index is 10.7. The number of likely N-dealkylation sites (N-methyl/N-ethyl adjacent to an activating group) is 1. The molecule has 0 aliphatic rings. The summed E-state index contributed by atoms with van der Waals surface area (Å²) in [5, 5.41) is 32.2. The second-order valence-electron chi connectivity index (χ2n) is 3.14. The van der Waals surface area contributed by atoms with E-state index in [2.05, 4.69) is 5.32 Å². The lowest BCUT2D eigenvalue weighted by Gasteiger charge is -2.15. The highest BCUT2D eigenvalue weighted by Crippen LogP contribution is 2.35. The van der Waals surface area contributed by atoms with E-state index in [-0.39, 0.29) is 12.3 Å². The number of halogens is 1. The fourth-order valence-corrected chi connectivity index (χ4v) is 1.99. The Balaban J connectivity index is 3.33. The molecule has 1 atom stereocenters. The zero-order chi connectivity index (χ0) is 12.3. The summed E-state index contributed by atoms with van der Waals surface area (Å²) in [6, 6.07) is 2.36. The van der Waals surface area contributed by atoms with Crippen LogP contribution in [0.2, 0.25) is 0 Å². The monoisotopic (exact) mass is 338 g/mol. The summed E-state index contributed by atoms with van der Waals surface area (Å²) in [5.41, 5.74) is -0.0285. The van der Waals surface area contributed by atoms with Gasteiger partial charge in [0, 0.05) is 15.2 Å².